The molecule has 5 rings (SSSR count). The summed E-state index contributed by atoms with van der Waals surface area (Å²) in [6.07, 6.45) is 1.43. The second-order valence-corrected chi connectivity index (χ2v) is 9.79. The molecule has 2 N–H and O–H groups in total. The monoisotopic (exact) mass is 539 g/mol. The highest BCUT2D eigenvalue weighted by Crippen LogP contribution is 2.39. The lowest BCUT2D eigenvalue weighted by molar-refractivity contribution is 0.358. The van der Waals surface area contributed by atoms with Gasteiger partial charge in [-0.05, 0) is 24.6 Å². The summed E-state index contributed by atoms with van der Waals surface area (Å²) in [5.74, 6) is -13.3. The van der Waals surface area contributed by atoms with Crippen molar-refractivity contribution in [3.05, 3.63) is 76.9 Å². The molecule has 14 heteroatoms. The molecule has 0 bridgehead atoms. The van der Waals surface area contributed by atoms with Crippen molar-refractivity contribution >= 4 is 44.9 Å². The van der Waals surface area contributed by atoms with Crippen molar-refractivity contribution < 1.29 is 34.8 Å². The lowest BCUT2D eigenvalue weighted by Gasteiger charge is -2.34. The van der Waals surface area contributed by atoms with E-state index < -0.39 is 61.6 Å². The molecule has 0 saturated heterocycles. The largest absolute Gasteiger partial charge is 0.340 e. The lowest BCUT2D eigenvalue weighted by Crippen LogP contribution is -2.46. The molecule has 0 aliphatic carbocycles. The Balaban J connectivity index is 1.55. The molecule has 2 aliphatic heterocycles. The normalized spacial score (nSPS) is 17.5. The summed E-state index contributed by atoms with van der Waals surface area (Å²) in [5.41, 5.74) is 1.16. The number of hydrogen-bond donors (Lipinski definition) is 2. The van der Waals surface area contributed by atoms with Gasteiger partial charge in [0.15, 0.2) is 28.2 Å². The third-order valence-corrected chi connectivity index (χ3v) is 7.19. The molecular weight excluding hydrogens is 524 g/mol. The van der Waals surface area contributed by atoms with E-state index in [1.165, 1.54) is 6.34 Å². The van der Waals surface area contributed by atoms with Crippen LogP contribution in [0.1, 0.15) is 5.56 Å². The highest BCUT2D eigenvalue weighted by atomic mass is 32.2. The molecule has 0 fully saturated rings. The quantitative estimate of drug-likeness (QED) is 0.278. The fourth-order valence-corrected chi connectivity index (χ4v) is 5.16. The molecule has 7 nitrogen and oxygen atoms in total. The maximum absolute atomic E-state index is 15.0. The molecule has 0 aromatic heterocycles. The van der Waals surface area contributed by atoms with Crippen molar-refractivity contribution in [2.24, 2.45) is 9.98 Å². The first kappa shape index (κ1) is 24.6. The van der Waals surface area contributed by atoms with Crippen LogP contribution in [0.3, 0.4) is 0 Å². The summed E-state index contributed by atoms with van der Waals surface area (Å²) in [7, 11) is -5.45. The van der Waals surface area contributed by atoms with Gasteiger partial charge in [0.05, 0.1) is 35.6 Å². The molecule has 1 unspecified atom stereocenters. The zero-order valence-corrected chi connectivity index (χ0v) is 19.5. The van der Waals surface area contributed by atoms with E-state index in [1.54, 1.807) is 21.8 Å². The summed E-state index contributed by atoms with van der Waals surface area (Å²) in [4.78, 5) is 8.26. The Morgan fingerprint density at radius 3 is 2.32 bits per heavy atom. The second kappa shape index (κ2) is 8.80. The van der Waals surface area contributed by atoms with Gasteiger partial charge in [-0.3, -0.25) is 9.71 Å². The number of aryl methyl sites for hydroxylation is 1. The average molecular weight is 539 g/mol. The van der Waals surface area contributed by atoms with E-state index in [2.05, 4.69) is 15.3 Å². The van der Waals surface area contributed by atoms with E-state index in [-0.39, 0.29) is 17.9 Å². The smallest absolute Gasteiger partial charge is 0.268 e. The van der Waals surface area contributed by atoms with E-state index in [9.17, 15) is 34.8 Å². The molecule has 192 valence electrons. The van der Waals surface area contributed by atoms with E-state index in [0.717, 1.165) is 17.7 Å². The minimum absolute atomic E-state index is 0.175. The molecule has 0 radical (unpaired) electrons. The van der Waals surface area contributed by atoms with E-state index >= 15 is 0 Å². The first-order valence-corrected chi connectivity index (χ1v) is 12.0. The van der Waals surface area contributed by atoms with Crippen LogP contribution in [0, 0.1) is 41.8 Å². The van der Waals surface area contributed by atoms with Gasteiger partial charge in [0.1, 0.15) is 17.7 Å². The van der Waals surface area contributed by atoms with Gasteiger partial charge in [-0.15, -0.1) is 0 Å². The summed E-state index contributed by atoms with van der Waals surface area (Å²) in [6.45, 7) is 2.13. The fraction of sp³-hybridized carbons (Fsp3) is 0.130. The van der Waals surface area contributed by atoms with Crippen molar-refractivity contribution in [1.29, 1.82) is 0 Å². The summed E-state index contributed by atoms with van der Waals surface area (Å²) < 4.78 is 110. The Bertz CT molecular complexity index is 1600. The molecule has 0 spiro atoms. The molecule has 2 heterocycles. The van der Waals surface area contributed by atoms with Gasteiger partial charge in [-0.2, -0.15) is 0 Å². The first-order chi connectivity index (χ1) is 17.5. The second-order valence-electron chi connectivity index (χ2n) is 8.17. The predicted molar refractivity (Wildman–Crippen MR) is 125 cm³/mol. The molecule has 0 amide bonds. The minimum atomic E-state index is -5.45. The zero-order chi connectivity index (χ0) is 26.6. The van der Waals surface area contributed by atoms with Gasteiger partial charge in [0.2, 0.25) is 5.82 Å². The fourth-order valence-electron chi connectivity index (χ4n) is 3.96. The third-order valence-electron chi connectivity index (χ3n) is 5.80. The Hall–Kier alpha value is -4.07. The number of halogens is 6. The molecule has 37 heavy (non-hydrogen) atoms. The molecule has 2 aliphatic rings. The van der Waals surface area contributed by atoms with Gasteiger partial charge >= 0.3 is 0 Å². The Labute approximate surface area is 206 Å². The van der Waals surface area contributed by atoms with Gasteiger partial charge in [0.25, 0.3) is 10.0 Å². The van der Waals surface area contributed by atoms with Crippen LogP contribution >= 0.6 is 0 Å². The van der Waals surface area contributed by atoms with E-state index in [1.807, 2.05) is 19.1 Å². The number of amidine groups is 1. The van der Waals surface area contributed by atoms with Crippen LogP contribution in [0.5, 0.6) is 0 Å². The Morgan fingerprint density at radius 2 is 1.65 bits per heavy atom. The molecular formula is C23H15F6N5O2S. The summed E-state index contributed by atoms with van der Waals surface area (Å²) in [5, 5.41) is 3.00. The van der Waals surface area contributed by atoms with Crippen LogP contribution in [0.15, 0.2) is 51.3 Å². The standard InChI is InChI=1S/C23H15F6N5O2S/c1-10-4-2-3-5-12(10)31-23-16-8-30-9-34(16)15-7-13(11(24)6-14(15)32-23)33-37(35,36)22-20(28)18(26)17(25)19(27)21(22)29/h2-7,9,16,33H,8H2,1H3,(H,31,32). The van der Waals surface area contributed by atoms with Gasteiger partial charge in [0, 0.05) is 6.07 Å². The minimum Gasteiger partial charge on any atom is -0.340 e. The van der Waals surface area contributed by atoms with Crippen LogP contribution in [0.4, 0.5) is 49.1 Å². The lowest BCUT2D eigenvalue weighted by atomic mass is 10.1. The number of nitrogens with zero attached hydrogens (tertiary/aromatic N) is 3. The number of anilines is 3. The molecule has 3 aromatic carbocycles. The predicted octanol–water partition coefficient (Wildman–Crippen LogP) is 5.00. The van der Waals surface area contributed by atoms with Gasteiger partial charge in [-0.25, -0.2) is 39.8 Å². The number of hydrogen-bond acceptors (Lipinski definition) is 5. The van der Waals surface area contributed by atoms with E-state index in [4.69, 9.17) is 0 Å². The van der Waals surface area contributed by atoms with Gasteiger partial charge < -0.3 is 10.2 Å². The number of fused-ring (bicyclic) bond motifs is 3. The molecule has 3 aromatic rings. The Morgan fingerprint density at radius 1 is 1.00 bits per heavy atom. The Kier molecular flexibility index (Phi) is 5.85. The third kappa shape index (κ3) is 4.06. The number of aliphatic imine (C=N–C) groups is 2. The van der Waals surface area contributed by atoms with Crippen molar-refractivity contribution in [3.63, 3.8) is 0 Å². The van der Waals surface area contributed by atoms with Crippen LogP contribution in [0.2, 0.25) is 0 Å². The highest BCUT2D eigenvalue weighted by molar-refractivity contribution is 7.92. The highest BCUT2D eigenvalue weighted by Gasteiger charge is 2.37. The van der Waals surface area contributed by atoms with Gasteiger partial charge in [-0.1, -0.05) is 18.2 Å². The van der Waals surface area contributed by atoms with Crippen LogP contribution < -0.4 is 14.9 Å². The SMILES string of the molecule is Cc1ccccc1N=C1Nc2cc(F)c(NS(=O)(=O)c3c(F)c(F)c(F)c(F)c3F)cc2N2C=NCC12. The summed E-state index contributed by atoms with van der Waals surface area (Å²) in [6, 6.07) is 8.75. The number of sulfonamides is 1. The molecule has 1 atom stereocenters. The van der Waals surface area contributed by atoms with E-state index in [0.29, 0.717) is 11.5 Å². The van der Waals surface area contributed by atoms with Crippen LogP contribution in [-0.4, -0.2) is 33.2 Å². The van der Waals surface area contributed by atoms with Crippen molar-refractivity contribution in [2.75, 3.05) is 21.5 Å². The van der Waals surface area contributed by atoms with Crippen molar-refractivity contribution in [1.82, 2.24) is 0 Å². The number of nitrogens with one attached hydrogen (secondary N) is 2. The van der Waals surface area contributed by atoms with Crippen molar-refractivity contribution in [2.45, 2.75) is 17.9 Å². The average Bonchev–Trinajstić information content (AvgIpc) is 3.34. The number of para-hydroxylation sites is 1. The van der Waals surface area contributed by atoms with Crippen LogP contribution in [-0.2, 0) is 10.0 Å². The summed E-state index contributed by atoms with van der Waals surface area (Å²) >= 11 is 0. The maximum atomic E-state index is 15.0. The van der Waals surface area contributed by atoms with Crippen molar-refractivity contribution in [3.8, 4) is 0 Å². The molecule has 0 saturated carbocycles. The zero-order valence-electron chi connectivity index (χ0n) is 18.7. The number of rotatable bonds is 4. The van der Waals surface area contributed by atoms with Crippen LogP contribution in [0.25, 0.3) is 0 Å². The first-order valence-electron chi connectivity index (χ1n) is 10.6. The maximum Gasteiger partial charge on any atom is 0.268 e. The number of benzene rings is 3. The topological polar surface area (TPSA) is 86.2 Å².